The van der Waals surface area contributed by atoms with Crippen molar-refractivity contribution in [3.05, 3.63) is 102 Å². The number of carbonyl (C=O) groups excluding carboxylic acids is 1. The Morgan fingerprint density at radius 1 is 1.06 bits per heavy atom. The van der Waals surface area contributed by atoms with Gasteiger partial charge in [0.15, 0.2) is 5.82 Å². The van der Waals surface area contributed by atoms with Gasteiger partial charge in [0.2, 0.25) is 11.1 Å². The number of anilines is 1. The van der Waals surface area contributed by atoms with Crippen molar-refractivity contribution in [3.8, 4) is 5.75 Å². The van der Waals surface area contributed by atoms with E-state index in [1.807, 2.05) is 61.5 Å². The fourth-order valence-corrected chi connectivity index (χ4v) is 4.73. The van der Waals surface area contributed by atoms with E-state index < -0.39 is 5.25 Å². The van der Waals surface area contributed by atoms with Gasteiger partial charge in [0, 0.05) is 5.69 Å². The molecule has 0 radical (unpaired) electrons. The van der Waals surface area contributed by atoms with Crippen LogP contribution in [0, 0.1) is 12.7 Å². The van der Waals surface area contributed by atoms with E-state index in [9.17, 15) is 9.18 Å². The molecule has 0 unspecified atom stereocenters. The molecular weight excluding hydrogens is 453 g/mol. The Morgan fingerprint density at radius 2 is 1.79 bits per heavy atom. The van der Waals surface area contributed by atoms with E-state index in [-0.39, 0.29) is 24.4 Å². The maximum atomic E-state index is 13.3. The van der Waals surface area contributed by atoms with Gasteiger partial charge in [-0.15, -0.1) is 10.2 Å². The maximum absolute atomic E-state index is 13.3. The molecule has 0 bridgehead atoms. The summed E-state index contributed by atoms with van der Waals surface area (Å²) < 4.78 is 20.9. The molecule has 0 saturated heterocycles. The lowest BCUT2D eigenvalue weighted by Gasteiger charge is -2.33. The van der Waals surface area contributed by atoms with Crippen LogP contribution in [0.2, 0.25) is 0 Å². The number of amides is 1. The van der Waals surface area contributed by atoms with Crippen LogP contribution in [-0.4, -0.2) is 26.0 Å². The summed E-state index contributed by atoms with van der Waals surface area (Å²) >= 11 is 1.32. The summed E-state index contributed by atoms with van der Waals surface area (Å²) in [5.74, 6) is 0.754. The van der Waals surface area contributed by atoms with Crippen molar-refractivity contribution in [2.24, 2.45) is 0 Å². The number of hydrogen-bond acceptors (Lipinski definition) is 6. The zero-order chi connectivity index (χ0) is 23.5. The molecular formula is C25H22FN5O2S. The van der Waals surface area contributed by atoms with Gasteiger partial charge < -0.3 is 15.5 Å². The fourth-order valence-electron chi connectivity index (χ4n) is 3.63. The number of rotatable bonds is 6. The zero-order valence-electron chi connectivity index (χ0n) is 18.3. The molecule has 1 aliphatic heterocycles. The number of hydrogen-bond donors (Lipinski definition) is 2. The van der Waals surface area contributed by atoms with Crippen molar-refractivity contribution in [2.75, 3.05) is 10.7 Å². The van der Waals surface area contributed by atoms with E-state index in [2.05, 4.69) is 20.9 Å². The zero-order valence-corrected chi connectivity index (χ0v) is 19.1. The molecule has 0 fully saturated rings. The number of carbonyl (C=O) groups is 1. The fraction of sp³-hybridized carbons (Fsp3) is 0.160. The van der Waals surface area contributed by atoms with Gasteiger partial charge in [0.05, 0.1) is 6.04 Å². The average molecular weight is 476 g/mol. The highest BCUT2D eigenvalue weighted by Crippen LogP contribution is 2.37. The highest BCUT2D eigenvalue weighted by atomic mass is 32.2. The summed E-state index contributed by atoms with van der Waals surface area (Å²) in [5, 5.41) is 11.5. The van der Waals surface area contributed by atoms with Crippen molar-refractivity contribution in [2.45, 2.75) is 30.0 Å². The first-order valence-corrected chi connectivity index (χ1v) is 11.6. The average Bonchev–Trinajstić information content (AvgIpc) is 3.26. The lowest BCUT2D eigenvalue weighted by atomic mass is 10.0. The Bertz CT molecular complexity index is 1280. The number of ether oxygens (including phenoxy) is 1. The SMILES string of the molecule is Cc1ccc([C@@H]2Nn3c(COc4ccccc4)nnc3S[C@H]2C(=O)Nc2ccc(F)cc2)cc1. The molecule has 34 heavy (non-hydrogen) atoms. The number of fused-ring (bicyclic) bond motifs is 1. The van der Waals surface area contributed by atoms with Crippen LogP contribution >= 0.6 is 11.8 Å². The predicted octanol–water partition coefficient (Wildman–Crippen LogP) is 4.70. The van der Waals surface area contributed by atoms with Gasteiger partial charge in [0.25, 0.3) is 0 Å². The number of thioether (sulfide) groups is 1. The van der Waals surface area contributed by atoms with E-state index >= 15 is 0 Å². The monoisotopic (exact) mass is 475 g/mol. The lowest BCUT2D eigenvalue weighted by Crippen LogP contribution is -2.41. The molecule has 5 rings (SSSR count). The summed E-state index contributed by atoms with van der Waals surface area (Å²) in [6.07, 6.45) is 0. The van der Waals surface area contributed by atoms with Crippen LogP contribution in [-0.2, 0) is 11.4 Å². The quantitative estimate of drug-likeness (QED) is 0.421. The standard InChI is InChI=1S/C25H22FN5O2S/c1-16-7-9-17(10-8-16)22-23(24(32)27-19-13-11-18(26)12-14-19)34-25-29-28-21(31(25)30-22)15-33-20-5-3-2-4-6-20/h2-14,22-23,30H,15H2,1H3,(H,27,32)/t22-,23+/m0/s1. The Balaban J connectivity index is 1.41. The Morgan fingerprint density at radius 3 is 2.53 bits per heavy atom. The maximum Gasteiger partial charge on any atom is 0.240 e. The number of benzene rings is 3. The summed E-state index contributed by atoms with van der Waals surface area (Å²) in [5.41, 5.74) is 6.02. The van der Waals surface area contributed by atoms with Crippen molar-refractivity contribution < 1.29 is 13.9 Å². The van der Waals surface area contributed by atoms with Crippen LogP contribution in [0.15, 0.2) is 84.0 Å². The van der Waals surface area contributed by atoms with Gasteiger partial charge in [-0.1, -0.05) is 59.8 Å². The third kappa shape index (κ3) is 4.74. The second kappa shape index (κ2) is 9.56. The molecule has 3 aromatic carbocycles. The summed E-state index contributed by atoms with van der Waals surface area (Å²) in [6.45, 7) is 2.24. The minimum atomic E-state index is -0.535. The molecule has 1 aliphatic rings. The predicted molar refractivity (Wildman–Crippen MR) is 129 cm³/mol. The molecule has 2 atom stereocenters. The number of nitrogens with one attached hydrogen (secondary N) is 2. The second-order valence-electron chi connectivity index (χ2n) is 7.89. The first kappa shape index (κ1) is 22.0. The van der Waals surface area contributed by atoms with Crippen LogP contribution < -0.4 is 15.5 Å². The van der Waals surface area contributed by atoms with Crippen molar-refractivity contribution >= 4 is 23.4 Å². The molecule has 2 N–H and O–H groups in total. The van der Waals surface area contributed by atoms with Crippen molar-refractivity contribution in [1.29, 1.82) is 0 Å². The van der Waals surface area contributed by atoms with Crippen molar-refractivity contribution in [1.82, 2.24) is 14.9 Å². The summed E-state index contributed by atoms with van der Waals surface area (Å²) in [4.78, 5) is 13.3. The minimum Gasteiger partial charge on any atom is -0.486 e. The second-order valence-corrected chi connectivity index (χ2v) is 9.00. The van der Waals surface area contributed by atoms with Gasteiger partial charge in [-0.05, 0) is 48.9 Å². The van der Waals surface area contributed by atoms with Gasteiger partial charge in [-0.2, -0.15) is 0 Å². The molecule has 7 nitrogen and oxygen atoms in total. The topological polar surface area (TPSA) is 81.1 Å². The van der Waals surface area contributed by atoms with Crippen LogP contribution in [0.1, 0.15) is 23.0 Å². The first-order valence-electron chi connectivity index (χ1n) is 10.8. The highest BCUT2D eigenvalue weighted by Gasteiger charge is 2.38. The Hall–Kier alpha value is -3.85. The van der Waals surface area contributed by atoms with Gasteiger partial charge in [-0.25, -0.2) is 9.07 Å². The molecule has 0 aliphatic carbocycles. The van der Waals surface area contributed by atoms with Gasteiger partial charge in [0.1, 0.15) is 23.4 Å². The van der Waals surface area contributed by atoms with E-state index in [0.717, 1.165) is 16.9 Å². The van der Waals surface area contributed by atoms with Crippen LogP contribution in [0.25, 0.3) is 0 Å². The summed E-state index contributed by atoms with van der Waals surface area (Å²) in [6, 6.07) is 22.9. The normalized spacial score (nSPS) is 16.9. The third-order valence-corrected chi connectivity index (χ3v) is 6.64. The smallest absolute Gasteiger partial charge is 0.240 e. The van der Waals surface area contributed by atoms with Crippen LogP contribution in [0.5, 0.6) is 5.75 Å². The minimum absolute atomic E-state index is 0.217. The molecule has 0 spiro atoms. The molecule has 1 amide bonds. The van der Waals surface area contributed by atoms with E-state index in [1.165, 1.54) is 36.0 Å². The van der Waals surface area contributed by atoms with Gasteiger partial charge >= 0.3 is 0 Å². The first-order chi connectivity index (χ1) is 16.6. The number of para-hydroxylation sites is 1. The van der Waals surface area contributed by atoms with E-state index in [0.29, 0.717) is 16.7 Å². The molecule has 0 saturated carbocycles. The van der Waals surface area contributed by atoms with Crippen molar-refractivity contribution in [3.63, 3.8) is 0 Å². The molecule has 172 valence electrons. The molecule has 1 aromatic heterocycles. The molecule has 2 heterocycles. The molecule has 4 aromatic rings. The summed E-state index contributed by atoms with van der Waals surface area (Å²) in [7, 11) is 0. The largest absolute Gasteiger partial charge is 0.486 e. The number of nitrogens with zero attached hydrogens (tertiary/aromatic N) is 3. The van der Waals surface area contributed by atoms with Crippen LogP contribution in [0.3, 0.4) is 0 Å². The Labute approximate surface area is 200 Å². The number of aryl methyl sites for hydroxylation is 1. The van der Waals surface area contributed by atoms with E-state index in [1.54, 1.807) is 4.68 Å². The van der Waals surface area contributed by atoms with Crippen LogP contribution in [0.4, 0.5) is 10.1 Å². The highest BCUT2D eigenvalue weighted by molar-refractivity contribution is 8.00. The molecule has 9 heteroatoms. The number of aromatic nitrogens is 3. The third-order valence-electron chi connectivity index (χ3n) is 5.42. The van der Waals surface area contributed by atoms with E-state index in [4.69, 9.17) is 4.74 Å². The van der Waals surface area contributed by atoms with Gasteiger partial charge in [-0.3, -0.25) is 4.79 Å². The Kier molecular flexibility index (Phi) is 6.18. The lowest BCUT2D eigenvalue weighted by molar-refractivity contribution is -0.116. The number of halogens is 1.